The number of unbranched alkanes of at least 4 members (excludes halogenated alkanes) is 1. The summed E-state index contributed by atoms with van der Waals surface area (Å²) in [6.07, 6.45) is 2.68. The van der Waals surface area contributed by atoms with Crippen LogP contribution in [0, 0.1) is 0 Å². The fraction of sp³-hybridized carbons (Fsp3) is 0.333. The van der Waals surface area contributed by atoms with Crippen LogP contribution in [-0.4, -0.2) is 50.8 Å². The molecule has 0 saturated carbocycles. The third kappa shape index (κ3) is 8.31. The highest BCUT2D eigenvalue weighted by molar-refractivity contribution is 7.92. The summed E-state index contributed by atoms with van der Waals surface area (Å²) in [7, 11) is -4.09. The molecule has 0 aromatic heterocycles. The van der Waals surface area contributed by atoms with Crippen LogP contribution in [0.1, 0.15) is 38.7 Å². The molecule has 3 rings (SSSR count). The number of hydrogen-bond acceptors (Lipinski definition) is 4. The Morgan fingerprint density at radius 2 is 1.51 bits per heavy atom. The third-order valence-electron chi connectivity index (χ3n) is 6.42. The molecular formula is C30H36ClN3O4S. The number of nitrogens with one attached hydrogen (secondary N) is 1. The van der Waals surface area contributed by atoms with Crippen molar-refractivity contribution in [3.63, 3.8) is 0 Å². The molecule has 0 fully saturated rings. The quantitative estimate of drug-likeness (QED) is 0.267. The molecule has 3 aromatic rings. The van der Waals surface area contributed by atoms with Crippen molar-refractivity contribution < 1.29 is 18.0 Å². The smallest absolute Gasteiger partial charge is 0.264 e. The van der Waals surface area contributed by atoms with Crippen LogP contribution < -0.4 is 9.62 Å². The van der Waals surface area contributed by atoms with Crippen molar-refractivity contribution >= 4 is 39.1 Å². The van der Waals surface area contributed by atoms with Crippen LogP contribution in [0.2, 0.25) is 5.02 Å². The van der Waals surface area contributed by atoms with Gasteiger partial charge in [-0.3, -0.25) is 13.9 Å². The van der Waals surface area contributed by atoms with Crippen LogP contribution in [0.25, 0.3) is 0 Å². The Morgan fingerprint density at radius 3 is 2.10 bits per heavy atom. The Morgan fingerprint density at radius 1 is 0.897 bits per heavy atom. The van der Waals surface area contributed by atoms with E-state index in [9.17, 15) is 18.0 Å². The first kappa shape index (κ1) is 30.2. The van der Waals surface area contributed by atoms with E-state index in [-0.39, 0.29) is 17.3 Å². The lowest BCUT2D eigenvalue weighted by atomic mass is 10.1. The summed E-state index contributed by atoms with van der Waals surface area (Å²) < 4.78 is 28.6. The second kappa shape index (κ2) is 14.7. The maximum absolute atomic E-state index is 13.9. The molecule has 208 valence electrons. The van der Waals surface area contributed by atoms with Gasteiger partial charge in [-0.05, 0) is 61.2 Å². The Kier molecular flexibility index (Phi) is 11.4. The number of carbonyl (C=O) groups is 2. The zero-order valence-electron chi connectivity index (χ0n) is 22.4. The van der Waals surface area contributed by atoms with Crippen LogP contribution in [0.5, 0.6) is 0 Å². The van der Waals surface area contributed by atoms with Gasteiger partial charge in [0.1, 0.15) is 12.6 Å². The molecule has 9 heteroatoms. The fourth-order valence-corrected chi connectivity index (χ4v) is 5.82. The summed E-state index contributed by atoms with van der Waals surface area (Å²) in [6, 6.07) is 23.2. The highest BCUT2D eigenvalue weighted by Gasteiger charge is 2.33. The standard InChI is InChI=1S/C30H36ClN3O4S/c1-3-5-21-32-30(36)28(4-2)33(22-20-24-12-8-6-9-13-24)29(35)23-34(26-18-16-25(31)17-19-26)39(37,38)27-14-10-7-11-15-27/h6-19,28H,3-5,20-23H2,1-2H3,(H,32,36)/t28-/m1/s1. The molecule has 0 spiro atoms. The van der Waals surface area contributed by atoms with Gasteiger partial charge >= 0.3 is 0 Å². The van der Waals surface area contributed by atoms with Crippen LogP contribution >= 0.6 is 11.6 Å². The molecule has 0 aliphatic carbocycles. The lowest BCUT2D eigenvalue weighted by Gasteiger charge is -2.33. The van der Waals surface area contributed by atoms with Gasteiger partial charge in [0, 0.05) is 18.1 Å². The summed E-state index contributed by atoms with van der Waals surface area (Å²) in [6.45, 7) is 4.21. The molecule has 0 aliphatic heterocycles. The molecule has 7 nitrogen and oxygen atoms in total. The van der Waals surface area contributed by atoms with Crippen molar-refractivity contribution in [1.29, 1.82) is 0 Å². The lowest BCUT2D eigenvalue weighted by Crippen LogP contribution is -2.53. The Bertz CT molecular complexity index is 1300. The van der Waals surface area contributed by atoms with Crippen molar-refractivity contribution in [2.45, 2.75) is 50.5 Å². The predicted octanol–water partition coefficient (Wildman–Crippen LogP) is 5.30. The van der Waals surface area contributed by atoms with E-state index in [1.54, 1.807) is 42.5 Å². The highest BCUT2D eigenvalue weighted by atomic mass is 35.5. The summed E-state index contributed by atoms with van der Waals surface area (Å²) in [5.74, 6) is -0.700. The van der Waals surface area contributed by atoms with E-state index in [1.807, 2.05) is 44.2 Å². The van der Waals surface area contributed by atoms with Gasteiger partial charge in [-0.1, -0.05) is 80.4 Å². The molecule has 0 unspecified atom stereocenters. The normalized spacial score (nSPS) is 12.0. The zero-order chi connectivity index (χ0) is 28.3. The van der Waals surface area contributed by atoms with Crippen LogP contribution in [0.15, 0.2) is 89.8 Å². The summed E-state index contributed by atoms with van der Waals surface area (Å²) in [5, 5.41) is 3.38. The number of halogens is 1. The molecule has 1 N–H and O–H groups in total. The van der Waals surface area contributed by atoms with Gasteiger partial charge in [0.25, 0.3) is 10.0 Å². The van der Waals surface area contributed by atoms with Gasteiger partial charge < -0.3 is 10.2 Å². The molecular weight excluding hydrogens is 534 g/mol. The van der Waals surface area contributed by atoms with E-state index in [1.165, 1.54) is 17.0 Å². The van der Waals surface area contributed by atoms with E-state index in [0.717, 1.165) is 22.7 Å². The first-order valence-electron chi connectivity index (χ1n) is 13.2. The number of rotatable bonds is 14. The molecule has 0 aliphatic rings. The molecule has 0 saturated heterocycles. The average Bonchev–Trinajstić information content (AvgIpc) is 2.95. The first-order valence-corrected chi connectivity index (χ1v) is 15.0. The third-order valence-corrected chi connectivity index (χ3v) is 8.46. The van der Waals surface area contributed by atoms with Crippen molar-refractivity contribution in [2.24, 2.45) is 0 Å². The monoisotopic (exact) mass is 569 g/mol. The Balaban J connectivity index is 1.96. The number of nitrogens with zero attached hydrogens (tertiary/aromatic N) is 2. The van der Waals surface area contributed by atoms with Gasteiger partial charge in [-0.25, -0.2) is 8.42 Å². The van der Waals surface area contributed by atoms with Crippen LogP contribution in [-0.2, 0) is 26.0 Å². The van der Waals surface area contributed by atoms with Gasteiger partial charge in [-0.15, -0.1) is 0 Å². The number of benzene rings is 3. The minimum Gasteiger partial charge on any atom is -0.354 e. The molecule has 3 aromatic carbocycles. The van der Waals surface area contributed by atoms with Crippen LogP contribution in [0.4, 0.5) is 5.69 Å². The average molecular weight is 570 g/mol. The van der Waals surface area contributed by atoms with E-state index in [2.05, 4.69) is 5.32 Å². The van der Waals surface area contributed by atoms with Crippen molar-refractivity contribution in [2.75, 3.05) is 23.9 Å². The number of sulfonamides is 1. The highest BCUT2D eigenvalue weighted by Crippen LogP contribution is 2.26. The second-order valence-electron chi connectivity index (χ2n) is 9.19. The summed E-state index contributed by atoms with van der Waals surface area (Å²) >= 11 is 6.06. The van der Waals surface area contributed by atoms with E-state index in [0.29, 0.717) is 30.1 Å². The van der Waals surface area contributed by atoms with Gasteiger partial charge in [0.15, 0.2) is 0 Å². The summed E-state index contributed by atoms with van der Waals surface area (Å²) in [5.41, 5.74) is 1.32. The summed E-state index contributed by atoms with van der Waals surface area (Å²) in [4.78, 5) is 28.7. The van der Waals surface area contributed by atoms with Gasteiger partial charge in [-0.2, -0.15) is 0 Å². The fourth-order valence-electron chi connectivity index (χ4n) is 4.26. The van der Waals surface area contributed by atoms with E-state index < -0.39 is 28.5 Å². The number of hydrogen-bond donors (Lipinski definition) is 1. The van der Waals surface area contributed by atoms with Crippen molar-refractivity contribution in [1.82, 2.24) is 10.2 Å². The topological polar surface area (TPSA) is 86.8 Å². The lowest BCUT2D eigenvalue weighted by molar-refractivity contribution is -0.139. The second-order valence-corrected chi connectivity index (χ2v) is 11.5. The Labute approximate surface area is 236 Å². The minimum atomic E-state index is -4.09. The largest absolute Gasteiger partial charge is 0.354 e. The SMILES string of the molecule is CCCCNC(=O)[C@@H](CC)N(CCc1ccccc1)C(=O)CN(c1ccc(Cl)cc1)S(=O)(=O)c1ccccc1. The minimum absolute atomic E-state index is 0.0629. The molecule has 0 radical (unpaired) electrons. The molecule has 0 bridgehead atoms. The molecule has 1 atom stereocenters. The molecule has 0 heterocycles. The van der Waals surface area contributed by atoms with Gasteiger partial charge in [0.05, 0.1) is 10.6 Å². The first-order chi connectivity index (χ1) is 18.8. The van der Waals surface area contributed by atoms with Crippen molar-refractivity contribution in [3.05, 3.63) is 95.5 Å². The maximum atomic E-state index is 13.9. The number of amides is 2. The molecule has 2 amide bonds. The van der Waals surface area contributed by atoms with Crippen molar-refractivity contribution in [3.8, 4) is 0 Å². The predicted molar refractivity (Wildman–Crippen MR) is 156 cm³/mol. The van der Waals surface area contributed by atoms with E-state index >= 15 is 0 Å². The maximum Gasteiger partial charge on any atom is 0.264 e. The zero-order valence-corrected chi connectivity index (χ0v) is 24.0. The van der Waals surface area contributed by atoms with Gasteiger partial charge in [0.2, 0.25) is 11.8 Å². The number of anilines is 1. The molecule has 39 heavy (non-hydrogen) atoms. The van der Waals surface area contributed by atoms with E-state index in [4.69, 9.17) is 11.6 Å². The Hall–Kier alpha value is -3.36. The number of carbonyl (C=O) groups excluding carboxylic acids is 2. The van der Waals surface area contributed by atoms with Crippen LogP contribution in [0.3, 0.4) is 0 Å².